The van der Waals surface area contributed by atoms with E-state index in [0.717, 1.165) is 10.4 Å². The van der Waals surface area contributed by atoms with Crippen molar-refractivity contribution >= 4 is 28.6 Å². The van der Waals surface area contributed by atoms with Gasteiger partial charge in [-0.05, 0) is 42.5 Å². The molecule has 1 amide bonds. The van der Waals surface area contributed by atoms with Gasteiger partial charge in [-0.3, -0.25) is 4.79 Å². The lowest BCUT2D eigenvalue weighted by Crippen LogP contribution is -2.21. The molecule has 2 rings (SSSR count). The molecule has 2 heterocycles. The minimum absolute atomic E-state index is 0.0806. The Kier molecular flexibility index (Phi) is 4.96. The number of hydrogen-bond acceptors (Lipinski definition) is 4. The smallest absolute Gasteiger partial charge is 0.261 e. The Balaban J connectivity index is 2.04. The molecular weight excluding hydrogens is 290 g/mol. The number of rotatable bonds is 3. The van der Waals surface area contributed by atoms with Crippen LogP contribution in [0.5, 0.6) is 0 Å². The molecule has 104 valence electrons. The quantitative estimate of drug-likeness (QED) is 0.857. The van der Waals surface area contributed by atoms with E-state index in [1.54, 1.807) is 11.3 Å². The predicted molar refractivity (Wildman–Crippen MR) is 83.2 cm³/mol. The van der Waals surface area contributed by atoms with E-state index < -0.39 is 0 Å². The molecule has 0 radical (unpaired) electrons. The van der Waals surface area contributed by atoms with E-state index in [1.807, 2.05) is 31.4 Å². The first kappa shape index (κ1) is 14.8. The van der Waals surface area contributed by atoms with Gasteiger partial charge in [-0.15, -0.1) is 22.7 Å². The second-order valence-corrected chi connectivity index (χ2v) is 6.35. The maximum Gasteiger partial charge on any atom is 0.261 e. The van der Waals surface area contributed by atoms with Gasteiger partial charge in [-0.2, -0.15) is 0 Å². The molecule has 2 aromatic rings. The zero-order valence-electron chi connectivity index (χ0n) is 11.3. The van der Waals surface area contributed by atoms with Crippen LogP contribution in [-0.4, -0.2) is 17.6 Å². The number of carbonyl (C=O) groups is 1. The fraction of sp³-hybridized carbons (Fsp3) is 0.267. The normalized spacial score (nSPS) is 9.95. The molecule has 0 aliphatic rings. The standard InChI is InChI=1S/C15H15NO2S2/c1-10-5-7-19-14(10)9-16-15(18)13-8-11(2)12(20-13)4-3-6-17/h5,7-8,17H,6,9H2,1-2H3,(H,16,18). The van der Waals surface area contributed by atoms with Gasteiger partial charge in [0.05, 0.1) is 16.3 Å². The SMILES string of the molecule is Cc1cc(C(=O)NCc2sccc2C)sc1C#CCO. The summed E-state index contributed by atoms with van der Waals surface area (Å²) in [5.74, 6) is 5.38. The van der Waals surface area contributed by atoms with E-state index in [1.165, 1.54) is 21.8 Å². The van der Waals surface area contributed by atoms with Crippen LogP contribution in [-0.2, 0) is 6.54 Å². The third-order valence-corrected chi connectivity index (χ3v) is 4.97. The first-order valence-corrected chi connectivity index (χ1v) is 7.82. The Morgan fingerprint density at radius 3 is 2.85 bits per heavy atom. The molecule has 5 heteroatoms. The summed E-state index contributed by atoms with van der Waals surface area (Å²) in [6, 6.07) is 3.88. The lowest BCUT2D eigenvalue weighted by molar-refractivity contribution is 0.0955. The monoisotopic (exact) mass is 305 g/mol. The summed E-state index contributed by atoms with van der Waals surface area (Å²) in [5, 5.41) is 13.6. The van der Waals surface area contributed by atoms with Crippen molar-refractivity contribution in [2.24, 2.45) is 0 Å². The van der Waals surface area contributed by atoms with E-state index >= 15 is 0 Å². The number of carbonyl (C=O) groups excluding carboxylic acids is 1. The molecule has 0 spiro atoms. The van der Waals surface area contributed by atoms with Crippen molar-refractivity contribution < 1.29 is 9.90 Å². The largest absolute Gasteiger partial charge is 0.384 e. The summed E-state index contributed by atoms with van der Waals surface area (Å²) >= 11 is 3.00. The number of aryl methyl sites for hydroxylation is 2. The topological polar surface area (TPSA) is 49.3 Å². The minimum Gasteiger partial charge on any atom is -0.384 e. The summed E-state index contributed by atoms with van der Waals surface area (Å²) in [4.78, 5) is 14.8. The predicted octanol–water partition coefficient (Wildman–Crippen LogP) is 2.70. The molecule has 0 aliphatic heterocycles. The number of aliphatic hydroxyl groups excluding tert-OH is 1. The van der Waals surface area contributed by atoms with Gasteiger partial charge < -0.3 is 10.4 Å². The molecule has 0 aliphatic carbocycles. The second-order valence-electron chi connectivity index (χ2n) is 4.29. The van der Waals surface area contributed by atoms with Crippen LogP contribution in [0, 0.1) is 25.7 Å². The van der Waals surface area contributed by atoms with Crippen LogP contribution in [0.4, 0.5) is 0 Å². The highest BCUT2D eigenvalue weighted by Gasteiger charge is 2.12. The van der Waals surface area contributed by atoms with Gasteiger partial charge in [-0.25, -0.2) is 0 Å². The van der Waals surface area contributed by atoms with Crippen LogP contribution >= 0.6 is 22.7 Å². The highest BCUT2D eigenvalue weighted by atomic mass is 32.1. The van der Waals surface area contributed by atoms with Gasteiger partial charge in [0, 0.05) is 4.88 Å². The van der Waals surface area contributed by atoms with Crippen LogP contribution in [0.3, 0.4) is 0 Å². The van der Waals surface area contributed by atoms with E-state index in [0.29, 0.717) is 11.4 Å². The van der Waals surface area contributed by atoms with Crippen molar-refractivity contribution in [2.75, 3.05) is 6.61 Å². The van der Waals surface area contributed by atoms with Crippen molar-refractivity contribution in [1.82, 2.24) is 5.32 Å². The fourth-order valence-electron chi connectivity index (χ4n) is 1.67. The van der Waals surface area contributed by atoms with E-state index in [4.69, 9.17) is 5.11 Å². The number of hydrogen-bond donors (Lipinski definition) is 2. The van der Waals surface area contributed by atoms with E-state index in [9.17, 15) is 4.79 Å². The van der Waals surface area contributed by atoms with Crippen LogP contribution in [0.1, 0.15) is 30.6 Å². The van der Waals surface area contributed by atoms with Crippen molar-refractivity contribution in [3.05, 3.63) is 43.3 Å². The van der Waals surface area contributed by atoms with Gasteiger partial charge in [0.2, 0.25) is 0 Å². The van der Waals surface area contributed by atoms with Gasteiger partial charge in [0.1, 0.15) is 6.61 Å². The van der Waals surface area contributed by atoms with Crippen molar-refractivity contribution in [3.63, 3.8) is 0 Å². The Labute approximate surface area is 126 Å². The molecule has 2 N–H and O–H groups in total. The maximum absolute atomic E-state index is 12.1. The van der Waals surface area contributed by atoms with Crippen LogP contribution in [0.2, 0.25) is 0 Å². The molecule has 0 atom stereocenters. The van der Waals surface area contributed by atoms with Gasteiger partial charge in [-0.1, -0.05) is 11.8 Å². The lowest BCUT2D eigenvalue weighted by Gasteiger charge is -2.02. The minimum atomic E-state index is -0.170. The molecule has 3 nitrogen and oxygen atoms in total. The number of nitrogens with one attached hydrogen (secondary N) is 1. The first-order valence-electron chi connectivity index (χ1n) is 6.13. The number of thiophene rings is 2. The third kappa shape index (κ3) is 3.48. The lowest BCUT2D eigenvalue weighted by atomic mass is 10.2. The van der Waals surface area contributed by atoms with Gasteiger partial charge in [0.25, 0.3) is 5.91 Å². The van der Waals surface area contributed by atoms with Crippen molar-refractivity contribution in [3.8, 4) is 11.8 Å². The molecule has 0 aromatic carbocycles. The number of aliphatic hydroxyl groups is 1. The number of amides is 1. The molecule has 2 aromatic heterocycles. The molecule has 0 bridgehead atoms. The van der Waals surface area contributed by atoms with E-state index in [2.05, 4.69) is 17.2 Å². The third-order valence-electron chi connectivity index (χ3n) is 2.80. The average molecular weight is 305 g/mol. The summed E-state index contributed by atoms with van der Waals surface area (Å²) in [5.41, 5.74) is 2.17. The van der Waals surface area contributed by atoms with Crippen molar-refractivity contribution in [2.45, 2.75) is 20.4 Å². The summed E-state index contributed by atoms with van der Waals surface area (Å²) in [6.07, 6.45) is 0. The first-order chi connectivity index (χ1) is 9.61. The summed E-state index contributed by atoms with van der Waals surface area (Å²) < 4.78 is 0. The Morgan fingerprint density at radius 2 is 2.20 bits per heavy atom. The van der Waals surface area contributed by atoms with Crippen LogP contribution in [0.15, 0.2) is 17.5 Å². The molecule has 0 unspecified atom stereocenters. The molecule has 0 fully saturated rings. The highest BCUT2D eigenvalue weighted by molar-refractivity contribution is 7.14. The van der Waals surface area contributed by atoms with Crippen LogP contribution in [0.25, 0.3) is 0 Å². The van der Waals surface area contributed by atoms with E-state index in [-0.39, 0.29) is 12.5 Å². The second kappa shape index (κ2) is 6.71. The van der Waals surface area contributed by atoms with Gasteiger partial charge >= 0.3 is 0 Å². The summed E-state index contributed by atoms with van der Waals surface area (Å²) in [6.45, 7) is 4.33. The zero-order chi connectivity index (χ0) is 14.5. The zero-order valence-corrected chi connectivity index (χ0v) is 13.0. The molecular formula is C15H15NO2S2. The highest BCUT2D eigenvalue weighted by Crippen LogP contribution is 2.21. The maximum atomic E-state index is 12.1. The fourth-order valence-corrected chi connectivity index (χ4v) is 3.48. The van der Waals surface area contributed by atoms with Gasteiger partial charge in [0.15, 0.2) is 0 Å². The molecule has 20 heavy (non-hydrogen) atoms. The Morgan fingerprint density at radius 1 is 1.40 bits per heavy atom. The summed E-state index contributed by atoms with van der Waals surface area (Å²) in [7, 11) is 0. The van der Waals surface area contributed by atoms with Crippen LogP contribution < -0.4 is 5.32 Å². The van der Waals surface area contributed by atoms with Crippen molar-refractivity contribution in [1.29, 1.82) is 0 Å². The Hall–Kier alpha value is -1.61. The average Bonchev–Trinajstić information content (AvgIpc) is 3.00. The molecule has 0 saturated heterocycles. The molecule has 0 saturated carbocycles. The Bertz CT molecular complexity index is 674.